The second-order valence-electron chi connectivity index (χ2n) is 7.43. The number of carbonyl (C=O) groups is 2. The molecule has 1 heterocycles. The number of aromatic nitrogens is 2. The maximum Gasteiger partial charge on any atom is 0.416 e. The number of primary amides is 1. The van der Waals surface area contributed by atoms with Crippen molar-refractivity contribution in [3.05, 3.63) is 77.4 Å². The van der Waals surface area contributed by atoms with Gasteiger partial charge in [0.2, 0.25) is 5.91 Å². The summed E-state index contributed by atoms with van der Waals surface area (Å²) in [5.74, 6) is -1.48. The predicted octanol–water partition coefficient (Wildman–Crippen LogP) is 4.45. The molecule has 3 aromatic rings. The van der Waals surface area contributed by atoms with E-state index in [0.717, 1.165) is 12.1 Å². The monoisotopic (exact) mass is 488 g/mol. The quantitative estimate of drug-likeness (QED) is 0.350. The standard InChI is InChI=1S/C24H23F3N4O4/c1-3-31(4-2)13-16-9-17(24(25,26)27)5-6-21(16)34-18-10-15(22(28)32)11-19(12-18)35-23(33)20-7-8-29-14-30-20/h5-12,14H,3-4,13H2,1-2H3,(H2,28,32). The van der Waals surface area contributed by atoms with E-state index in [4.69, 9.17) is 15.2 Å². The van der Waals surface area contributed by atoms with E-state index in [-0.39, 0.29) is 35.1 Å². The van der Waals surface area contributed by atoms with E-state index in [1.165, 1.54) is 42.9 Å². The third-order valence-corrected chi connectivity index (χ3v) is 5.07. The van der Waals surface area contributed by atoms with Crippen LogP contribution in [0, 0.1) is 0 Å². The van der Waals surface area contributed by atoms with Crippen LogP contribution in [0.2, 0.25) is 0 Å². The van der Waals surface area contributed by atoms with Gasteiger partial charge in [-0.1, -0.05) is 13.8 Å². The molecule has 0 saturated carbocycles. The molecule has 0 saturated heterocycles. The number of nitrogens with zero attached hydrogens (tertiary/aromatic N) is 3. The Morgan fingerprint density at radius 3 is 2.34 bits per heavy atom. The van der Waals surface area contributed by atoms with Gasteiger partial charge in [-0.2, -0.15) is 13.2 Å². The van der Waals surface area contributed by atoms with Crippen molar-refractivity contribution in [3.63, 3.8) is 0 Å². The van der Waals surface area contributed by atoms with Crippen LogP contribution in [0.25, 0.3) is 0 Å². The normalized spacial score (nSPS) is 11.4. The minimum absolute atomic E-state index is 0.0174. The van der Waals surface area contributed by atoms with Crippen LogP contribution in [-0.2, 0) is 12.7 Å². The van der Waals surface area contributed by atoms with Gasteiger partial charge in [-0.15, -0.1) is 0 Å². The van der Waals surface area contributed by atoms with Gasteiger partial charge in [0.25, 0.3) is 0 Å². The van der Waals surface area contributed by atoms with Gasteiger partial charge in [0, 0.05) is 29.9 Å². The molecule has 0 spiro atoms. The van der Waals surface area contributed by atoms with Crippen LogP contribution >= 0.6 is 0 Å². The Morgan fingerprint density at radius 1 is 1.03 bits per heavy atom. The van der Waals surface area contributed by atoms with Crippen LogP contribution in [0.3, 0.4) is 0 Å². The Bertz CT molecular complexity index is 1200. The fourth-order valence-corrected chi connectivity index (χ4v) is 3.20. The number of amides is 1. The Labute approximate surface area is 199 Å². The second kappa shape index (κ2) is 11.0. The molecule has 0 atom stereocenters. The zero-order valence-electron chi connectivity index (χ0n) is 19.0. The van der Waals surface area contributed by atoms with Crippen molar-refractivity contribution in [1.29, 1.82) is 0 Å². The van der Waals surface area contributed by atoms with Gasteiger partial charge in [0.15, 0.2) is 5.69 Å². The Balaban J connectivity index is 1.97. The Kier molecular flexibility index (Phi) is 8.02. The first-order valence-electron chi connectivity index (χ1n) is 10.6. The summed E-state index contributed by atoms with van der Waals surface area (Å²) in [6, 6.07) is 8.38. The zero-order valence-corrected chi connectivity index (χ0v) is 19.0. The third kappa shape index (κ3) is 6.76. The lowest BCUT2D eigenvalue weighted by Crippen LogP contribution is -2.22. The lowest BCUT2D eigenvalue weighted by Gasteiger charge is -2.21. The lowest BCUT2D eigenvalue weighted by molar-refractivity contribution is -0.137. The number of rotatable bonds is 9. The predicted molar refractivity (Wildman–Crippen MR) is 120 cm³/mol. The number of benzene rings is 2. The number of ether oxygens (including phenoxy) is 2. The molecule has 0 bridgehead atoms. The van der Waals surface area contributed by atoms with E-state index in [0.29, 0.717) is 18.7 Å². The zero-order chi connectivity index (χ0) is 25.6. The van der Waals surface area contributed by atoms with Crippen molar-refractivity contribution in [1.82, 2.24) is 14.9 Å². The van der Waals surface area contributed by atoms with Crippen LogP contribution in [0.4, 0.5) is 13.2 Å². The molecule has 0 fully saturated rings. The smallest absolute Gasteiger partial charge is 0.416 e. The molecular weight excluding hydrogens is 465 g/mol. The average Bonchev–Trinajstić information content (AvgIpc) is 2.83. The van der Waals surface area contributed by atoms with Gasteiger partial charge in [-0.25, -0.2) is 14.8 Å². The van der Waals surface area contributed by atoms with E-state index in [2.05, 4.69) is 9.97 Å². The molecule has 1 aromatic heterocycles. The van der Waals surface area contributed by atoms with Crippen molar-refractivity contribution < 1.29 is 32.2 Å². The number of nitrogens with two attached hydrogens (primary N) is 1. The number of hydrogen-bond acceptors (Lipinski definition) is 7. The molecule has 0 unspecified atom stereocenters. The fraction of sp³-hybridized carbons (Fsp3) is 0.250. The van der Waals surface area contributed by atoms with Crippen LogP contribution < -0.4 is 15.2 Å². The van der Waals surface area contributed by atoms with Gasteiger partial charge in [-0.05, 0) is 49.5 Å². The number of esters is 1. The molecule has 3 rings (SSSR count). The van der Waals surface area contributed by atoms with Crippen molar-refractivity contribution >= 4 is 11.9 Å². The summed E-state index contributed by atoms with van der Waals surface area (Å²) < 4.78 is 51.1. The third-order valence-electron chi connectivity index (χ3n) is 5.07. The molecule has 184 valence electrons. The van der Waals surface area contributed by atoms with Gasteiger partial charge in [0.1, 0.15) is 23.6 Å². The highest BCUT2D eigenvalue weighted by Crippen LogP contribution is 2.36. The Morgan fingerprint density at radius 2 is 1.74 bits per heavy atom. The van der Waals surface area contributed by atoms with Crippen LogP contribution in [0.15, 0.2) is 55.0 Å². The maximum atomic E-state index is 13.3. The van der Waals surface area contributed by atoms with Gasteiger partial charge >= 0.3 is 12.1 Å². The minimum atomic E-state index is -4.52. The highest BCUT2D eigenvalue weighted by Gasteiger charge is 2.31. The van der Waals surface area contributed by atoms with Crippen molar-refractivity contribution in [2.75, 3.05) is 13.1 Å². The SMILES string of the molecule is CCN(CC)Cc1cc(C(F)(F)F)ccc1Oc1cc(OC(=O)c2ccncn2)cc(C(N)=O)c1. The van der Waals surface area contributed by atoms with E-state index >= 15 is 0 Å². The molecule has 0 aliphatic carbocycles. The Hall–Kier alpha value is -3.99. The van der Waals surface area contributed by atoms with E-state index in [1.54, 1.807) is 0 Å². The first-order chi connectivity index (χ1) is 16.6. The number of carbonyl (C=O) groups excluding carboxylic acids is 2. The molecular formula is C24H23F3N4O4. The summed E-state index contributed by atoms with van der Waals surface area (Å²) in [5, 5.41) is 0. The second-order valence-corrected chi connectivity index (χ2v) is 7.43. The van der Waals surface area contributed by atoms with Crippen molar-refractivity contribution in [2.45, 2.75) is 26.6 Å². The van der Waals surface area contributed by atoms with Crippen molar-refractivity contribution in [2.24, 2.45) is 5.73 Å². The van der Waals surface area contributed by atoms with E-state index in [1.807, 2.05) is 18.7 Å². The lowest BCUT2D eigenvalue weighted by atomic mass is 10.1. The maximum absolute atomic E-state index is 13.3. The van der Waals surface area contributed by atoms with Crippen LogP contribution in [-0.4, -0.2) is 39.8 Å². The number of halogens is 3. The van der Waals surface area contributed by atoms with Gasteiger partial charge in [0.05, 0.1) is 5.56 Å². The molecule has 2 aromatic carbocycles. The number of hydrogen-bond donors (Lipinski definition) is 1. The van der Waals surface area contributed by atoms with Gasteiger partial charge < -0.3 is 15.2 Å². The average molecular weight is 488 g/mol. The first kappa shape index (κ1) is 25.6. The summed E-state index contributed by atoms with van der Waals surface area (Å²) in [4.78, 5) is 33.6. The summed E-state index contributed by atoms with van der Waals surface area (Å²) in [5.41, 5.74) is 4.85. The summed E-state index contributed by atoms with van der Waals surface area (Å²) >= 11 is 0. The van der Waals surface area contributed by atoms with Crippen LogP contribution in [0.1, 0.15) is 45.8 Å². The number of alkyl halides is 3. The molecule has 11 heteroatoms. The van der Waals surface area contributed by atoms with E-state index in [9.17, 15) is 22.8 Å². The van der Waals surface area contributed by atoms with E-state index < -0.39 is 23.6 Å². The van der Waals surface area contributed by atoms with Crippen molar-refractivity contribution in [3.8, 4) is 17.2 Å². The largest absolute Gasteiger partial charge is 0.457 e. The highest BCUT2D eigenvalue weighted by atomic mass is 19.4. The molecule has 0 aliphatic rings. The highest BCUT2D eigenvalue weighted by molar-refractivity contribution is 5.94. The summed E-state index contributed by atoms with van der Waals surface area (Å²) in [6.45, 7) is 5.23. The molecule has 2 N–H and O–H groups in total. The molecule has 35 heavy (non-hydrogen) atoms. The molecule has 0 aliphatic heterocycles. The minimum Gasteiger partial charge on any atom is -0.457 e. The molecule has 8 nitrogen and oxygen atoms in total. The fourth-order valence-electron chi connectivity index (χ4n) is 3.20. The molecule has 0 radical (unpaired) electrons. The topological polar surface area (TPSA) is 108 Å². The summed E-state index contributed by atoms with van der Waals surface area (Å²) in [7, 11) is 0. The summed E-state index contributed by atoms with van der Waals surface area (Å²) in [6.07, 6.45) is -1.99. The van der Waals surface area contributed by atoms with Gasteiger partial charge in [-0.3, -0.25) is 9.69 Å². The van der Waals surface area contributed by atoms with Crippen LogP contribution in [0.5, 0.6) is 17.2 Å². The molecule has 1 amide bonds. The first-order valence-corrected chi connectivity index (χ1v) is 10.6.